The first kappa shape index (κ1) is 18.1. The van der Waals surface area contributed by atoms with Crippen molar-refractivity contribution in [3.8, 4) is 0 Å². The summed E-state index contributed by atoms with van der Waals surface area (Å²) in [5.41, 5.74) is 2.96. The lowest BCUT2D eigenvalue weighted by molar-refractivity contribution is 0.0961. The van der Waals surface area contributed by atoms with Crippen molar-refractivity contribution >= 4 is 17.5 Å². The Labute approximate surface area is 154 Å². The number of amides is 2. The van der Waals surface area contributed by atoms with Crippen LogP contribution in [0.3, 0.4) is 0 Å². The second-order valence-corrected chi connectivity index (χ2v) is 6.65. The zero-order valence-corrected chi connectivity index (χ0v) is 15.1. The maximum Gasteiger partial charge on any atom is 0.255 e. The van der Waals surface area contributed by atoms with E-state index >= 15 is 0 Å². The van der Waals surface area contributed by atoms with E-state index < -0.39 is 0 Å². The molecule has 0 aliphatic carbocycles. The Hall–Kier alpha value is -2.66. The highest BCUT2D eigenvalue weighted by atomic mass is 16.2. The van der Waals surface area contributed by atoms with Gasteiger partial charge in [-0.1, -0.05) is 24.6 Å². The fraction of sp³-hybridized carbons (Fsp3) is 0.333. The number of nitrogens with zero attached hydrogens (tertiary/aromatic N) is 1. The number of carbonyl (C=O) groups is 2. The van der Waals surface area contributed by atoms with E-state index in [0.29, 0.717) is 16.8 Å². The van der Waals surface area contributed by atoms with Crippen LogP contribution in [-0.4, -0.2) is 36.9 Å². The summed E-state index contributed by atoms with van der Waals surface area (Å²) in [6.45, 7) is 3.25. The third-order valence-electron chi connectivity index (χ3n) is 4.68. The average molecular weight is 351 g/mol. The van der Waals surface area contributed by atoms with E-state index in [9.17, 15) is 9.59 Å². The van der Waals surface area contributed by atoms with Crippen LogP contribution in [0.15, 0.2) is 48.5 Å². The molecule has 0 atom stereocenters. The molecular formula is C21H25N3O2. The van der Waals surface area contributed by atoms with E-state index in [4.69, 9.17) is 0 Å². The van der Waals surface area contributed by atoms with Crippen LogP contribution in [0.4, 0.5) is 5.69 Å². The molecule has 2 N–H and O–H groups in total. The minimum absolute atomic E-state index is 0.177. The van der Waals surface area contributed by atoms with Crippen LogP contribution < -0.4 is 10.6 Å². The molecule has 2 amide bonds. The third-order valence-corrected chi connectivity index (χ3v) is 4.68. The van der Waals surface area contributed by atoms with Crippen LogP contribution in [0.1, 0.15) is 45.5 Å². The van der Waals surface area contributed by atoms with Gasteiger partial charge in [-0.2, -0.15) is 0 Å². The zero-order valence-electron chi connectivity index (χ0n) is 15.1. The van der Waals surface area contributed by atoms with E-state index in [0.717, 1.165) is 19.6 Å². The minimum Gasteiger partial charge on any atom is -0.355 e. The van der Waals surface area contributed by atoms with E-state index in [-0.39, 0.29) is 11.8 Å². The van der Waals surface area contributed by atoms with Crippen molar-refractivity contribution in [3.05, 3.63) is 65.2 Å². The van der Waals surface area contributed by atoms with Crippen molar-refractivity contribution in [1.29, 1.82) is 0 Å². The van der Waals surface area contributed by atoms with Gasteiger partial charge in [-0.3, -0.25) is 14.5 Å². The summed E-state index contributed by atoms with van der Waals surface area (Å²) < 4.78 is 0. The number of piperidine rings is 1. The quantitative estimate of drug-likeness (QED) is 0.869. The van der Waals surface area contributed by atoms with Crippen molar-refractivity contribution in [2.24, 2.45) is 0 Å². The van der Waals surface area contributed by atoms with Gasteiger partial charge < -0.3 is 10.6 Å². The summed E-state index contributed by atoms with van der Waals surface area (Å²) in [6.07, 6.45) is 3.88. The highest BCUT2D eigenvalue weighted by Gasteiger charge is 2.12. The number of hydrogen-bond donors (Lipinski definition) is 2. The zero-order chi connectivity index (χ0) is 18.4. The molecule has 2 aromatic rings. The van der Waals surface area contributed by atoms with Gasteiger partial charge in [0.25, 0.3) is 11.8 Å². The Morgan fingerprint density at radius 2 is 1.65 bits per heavy atom. The number of nitrogens with one attached hydrogen (secondary N) is 2. The number of rotatable bonds is 5. The SMILES string of the molecule is CNC(=O)c1cccc(NC(=O)c2ccc(CN3CCCCC3)cc2)c1. The molecule has 0 spiro atoms. The lowest BCUT2D eigenvalue weighted by Gasteiger charge is -2.26. The van der Waals surface area contributed by atoms with Crippen molar-refractivity contribution in [1.82, 2.24) is 10.2 Å². The Bertz CT molecular complexity index is 765. The predicted molar refractivity (Wildman–Crippen MR) is 103 cm³/mol. The van der Waals surface area contributed by atoms with Crippen LogP contribution in [0.5, 0.6) is 0 Å². The van der Waals surface area contributed by atoms with Gasteiger partial charge in [0.05, 0.1) is 0 Å². The third kappa shape index (κ3) is 4.70. The van der Waals surface area contributed by atoms with Gasteiger partial charge in [-0.05, 0) is 61.8 Å². The first-order chi connectivity index (χ1) is 12.7. The predicted octanol–water partition coefficient (Wildman–Crippen LogP) is 3.28. The first-order valence-corrected chi connectivity index (χ1v) is 9.10. The van der Waals surface area contributed by atoms with Crippen LogP contribution in [0, 0.1) is 0 Å². The van der Waals surface area contributed by atoms with Crippen molar-refractivity contribution in [2.75, 3.05) is 25.5 Å². The lowest BCUT2D eigenvalue weighted by Crippen LogP contribution is -2.29. The molecule has 0 radical (unpaired) electrons. The lowest BCUT2D eigenvalue weighted by atomic mass is 10.1. The second kappa shape index (κ2) is 8.63. The van der Waals surface area contributed by atoms with Gasteiger partial charge in [0.2, 0.25) is 0 Å². The Morgan fingerprint density at radius 1 is 0.923 bits per heavy atom. The van der Waals surface area contributed by atoms with Crippen molar-refractivity contribution in [2.45, 2.75) is 25.8 Å². The Balaban J connectivity index is 1.62. The Kier molecular flexibility index (Phi) is 6.02. The molecule has 0 unspecified atom stereocenters. The van der Waals surface area contributed by atoms with Crippen LogP contribution in [-0.2, 0) is 6.54 Å². The molecule has 1 aliphatic heterocycles. The van der Waals surface area contributed by atoms with E-state index in [1.807, 2.05) is 24.3 Å². The maximum atomic E-state index is 12.4. The van der Waals surface area contributed by atoms with Crippen LogP contribution in [0.25, 0.3) is 0 Å². The normalized spacial score (nSPS) is 14.7. The van der Waals surface area contributed by atoms with Gasteiger partial charge in [0, 0.05) is 30.4 Å². The number of carbonyl (C=O) groups excluding carboxylic acids is 2. The molecule has 1 saturated heterocycles. The summed E-state index contributed by atoms with van der Waals surface area (Å²) in [5.74, 6) is -0.355. The van der Waals surface area contributed by atoms with Gasteiger partial charge in [0.1, 0.15) is 0 Å². The average Bonchev–Trinajstić information content (AvgIpc) is 2.69. The number of likely N-dealkylation sites (tertiary alicyclic amines) is 1. The summed E-state index contributed by atoms with van der Waals surface area (Å²) in [5, 5.41) is 5.43. The minimum atomic E-state index is -0.178. The molecule has 1 fully saturated rings. The summed E-state index contributed by atoms with van der Waals surface area (Å²) >= 11 is 0. The standard InChI is InChI=1S/C21H25N3O2/c1-22-20(25)18-6-5-7-19(14-18)23-21(26)17-10-8-16(9-11-17)15-24-12-3-2-4-13-24/h5-11,14H,2-4,12-13,15H2,1H3,(H,22,25)(H,23,26). The van der Waals surface area contributed by atoms with Gasteiger partial charge in [-0.25, -0.2) is 0 Å². The molecular weight excluding hydrogens is 326 g/mol. The van der Waals surface area contributed by atoms with Gasteiger partial charge >= 0.3 is 0 Å². The molecule has 26 heavy (non-hydrogen) atoms. The number of anilines is 1. The highest BCUT2D eigenvalue weighted by Crippen LogP contribution is 2.15. The molecule has 5 heteroatoms. The fourth-order valence-electron chi connectivity index (χ4n) is 3.22. The second-order valence-electron chi connectivity index (χ2n) is 6.65. The first-order valence-electron chi connectivity index (χ1n) is 9.10. The highest BCUT2D eigenvalue weighted by molar-refractivity contribution is 6.05. The maximum absolute atomic E-state index is 12.4. The van der Waals surface area contributed by atoms with Gasteiger partial charge in [0.15, 0.2) is 0 Å². The van der Waals surface area contributed by atoms with E-state index in [2.05, 4.69) is 15.5 Å². The number of hydrogen-bond acceptors (Lipinski definition) is 3. The van der Waals surface area contributed by atoms with Crippen LogP contribution >= 0.6 is 0 Å². The summed E-state index contributed by atoms with van der Waals surface area (Å²) in [7, 11) is 1.58. The van der Waals surface area contributed by atoms with Crippen molar-refractivity contribution in [3.63, 3.8) is 0 Å². The topological polar surface area (TPSA) is 61.4 Å². The molecule has 0 aromatic heterocycles. The molecule has 0 saturated carbocycles. The molecule has 5 nitrogen and oxygen atoms in total. The fourth-order valence-corrected chi connectivity index (χ4v) is 3.22. The Morgan fingerprint density at radius 3 is 2.35 bits per heavy atom. The largest absolute Gasteiger partial charge is 0.355 e. The number of benzene rings is 2. The monoisotopic (exact) mass is 351 g/mol. The molecule has 136 valence electrons. The molecule has 0 bridgehead atoms. The smallest absolute Gasteiger partial charge is 0.255 e. The van der Waals surface area contributed by atoms with E-state index in [1.54, 1.807) is 31.3 Å². The van der Waals surface area contributed by atoms with Crippen molar-refractivity contribution < 1.29 is 9.59 Å². The molecule has 2 aromatic carbocycles. The molecule has 3 rings (SSSR count). The van der Waals surface area contributed by atoms with E-state index in [1.165, 1.54) is 24.8 Å². The molecule has 1 heterocycles. The van der Waals surface area contributed by atoms with Gasteiger partial charge in [-0.15, -0.1) is 0 Å². The molecule has 1 aliphatic rings. The summed E-state index contributed by atoms with van der Waals surface area (Å²) in [4.78, 5) is 26.6. The van der Waals surface area contributed by atoms with Crippen LogP contribution in [0.2, 0.25) is 0 Å². The summed E-state index contributed by atoms with van der Waals surface area (Å²) in [6, 6.07) is 14.7.